The number of hydrogen-bond acceptors (Lipinski definition) is 5. The predicted molar refractivity (Wildman–Crippen MR) is 107 cm³/mol. The largest absolute Gasteiger partial charge is 0.396 e. The van der Waals surface area contributed by atoms with E-state index in [9.17, 15) is 5.11 Å². The second-order valence-electron chi connectivity index (χ2n) is 7.88. The van der Waals surface area contributed by atoms with Crippen molar-refractivity contribution in [1.82, 2.24) is 20.7 Å². The number of nitrogens with zero attached hydrogens (tertiary/aromatic N) is 2. The predicted octanol–water partition coefficient (Wildman–Crippen LogP) is 1.79. The van der Waals surface area contributed by atoms with Crippen LogP contribution in [0.15, 0.2) is 42.0 Å². The number of rotatable bonds is 7. The average molecular weight is 359 g/mol. The van der Waals surface area contributed by atoms with Crippen LogP contribution in [-0.2, 0) is 0 Å². The topological polar surface area (TPSA) is 50.8 Å². The quantitative estimate of drug-likeness (QED) is 0.649. The molecule has 3 atom stereocenters. The highest BCUT2D eigenvalue weighted by Crippen LogP contribution is 2.26. The summed E-state index contributed by atoms with van der Waals surface area (Å²) in [6.45, 7) is 10.9. The Bertz CT molecular complexity index is 573. The molecule has 0 bridgehead atoms. The lowest BCUT2D eigenvalue weighted by molar-refractivity contribution is 0.0586. The van der Waals surface area contributed by atoms with Crippen LogP contribution < -0.4 is 10.9 Å². The minimum absolute atomic E-state index is 0.267. The van der Waals surface area contributed by atoms with E-state index in [0.29, 0.717) is 18.0 Å². The van der Waals surface area contributed by atoms with Crippen LogP contribution in [0.3, 0.4) is 0 Å². The second kappa shape index (κ2) is 9.62. The van der Waals surface area contributed by atoms with E-state index in [4.69, 9.17) is 0 Å². The summed E-state index contributed by atoms with van der Waals surface area (Å²) in [5.74, 6) is 0.566. The van der Waals surface area contributed by atoms with Crippen LogP contribution in [0.4, 0.5) is 0 Å². The first-order valence-corrected chi connectivity index (χ1v) is 9.91. The molecular formula is C21H34N4O. The molecule has 2 saturated heterocycles. The Morgan fingerprint density at radius 2 is 2.04 bits per heavy atom. The number of benzene rings is 1. The van der Waals surface area contributed by atoms with Gasteiger partial charge in [0.05, 0.1) is 6.04 Å². The third-order valence-electron chi connectivity index (χ3n) is 5.63. The number of aliphatic hydroxyl groups excluding tert-OH is 1. The Balaban J connectivity index is 1.59. The molecule has 0 spiro atoms. The minimum Gasteiger partial charge on any atom is -0.396 e. The standard InChI is InChI=1S/C21H34N4O/c1-17(2)8-10-25-12-11-24(16-20(25)9-13-26)15-19-14-22-23-21(19)18-6-4-3-5-7-18/h3-8,19-23,26H,9-16H2,1-2H3. The van der Waals surface area contributed by atoms with Gasteiger partial charge < -0.3 is 10.0 Å². The first kappa shape index (κ1) is 19.5. The maximum absolute atomic E-state index is 9.49. The van der Waals surface area contributed by atoms with E-state index in [1.165, 1.54) is 11.1 Å². The van der Waals surface area contributed by atoms with Gasteiger partial charge in [-0.05, 0) is 25.8 Å². The van der Waals surface area contributed by atoms with Crippen LogP contribution in [0.2, 0.25) is 0 Å². The van der Waals surface area contributed by atoms with Gasteiger partial charge in [-0.15, -0.1) is 0 Å². The van der Waals surface area contributed by atoms with E-state index in [0.717, 1.165) is 45.7 Å². The number of hydrazine groups is 1. The minimum atomic E-state index is 0.267. The summed E-state index contributed by atoms with van der Waals surface area (Å²) < 4.78 is 0. The van der Waals surface area contributed by atoms with Crippen molar-refractivity contribution in [3.63, 3.8) is 0 Å². The highest BCUT2D eigenvalue weighted by Gasteiger charge is 2.32. The van der Waals surface area contributed by atoms with E-state index in [1.54, 1.807) is 0 Å². The molecule has 2 fully saturated rings. The molecule has 5 nitrogen and oxygen atoms in total. The van der Waals surface area contributed by atoms with Gasteiger partial charge in [0.1, 0.15) is 0 Å². The van der Waals surface area contributed by atoms with Gasteiger partial charge in [0.2, 0.25) is 0 Å². The maximum Gasteiger partial charge on any atom is 0.0515 e. The van der Waals surface area contributed by atoms with Crippen molar-refractivity contribution < 1.29 is 5.11 Å². The summed E-state index contributed by atoms with van der Waals surface area (Å²) in [4.78, 5) is 5.12. The molecule has 3 unspecified atom stereocenters. The van der Waals surface area contributed by atoms with Crippen molar-refractivity contribution in [1.29, 1.82) is 0 Å². The van der Waals surface area contributed by atoms with Gasteiger partial charge in [-0.3, -0.25) is 10.3 Å². The smallest absolute Gasteiger partial charge is 0.0515 e. The number of aliphatic hydroxyl groups is 1. The van der Waals surface area contributed by atoms with Crippen molar-refractivity contribution in [2.75, 3.05) is 45.9 Å². The molecule has 5 heteroatoms. The van der Waals surface area contributed by atoms with Crippen LogP contribution in [-0.4, -0.2) is 66.8 Å². The molecule has 1 aromatic carbocycles. The number of allylic oxidation sites excluding steroid dienone is 1. The Kier molecular flexibility index (Phi) is 7.23. The SMILES string of the molecule is CC(C)=CCN1CCN(CC2CNNC2c2ccccc2)CC1CCO. The van der Waals surface area contributed by atoms with Crippen molar-refractivity contribution >= 4 is 0 Å². The fourth-order valence-electron chi connectivity index (χ4n) is 4.14. The van der Waals surface area contributed by atoms with Crippen LogP contribution in [0, 0.1) is 5.92 Å². The molecule has 2 heterocycles. The summed E-state index contributed by atoms with van der Waals surface area (Å²) in [5, 5.41) is 9.49. The lowest BCUT2D eigenvalue weighted by Crippen LogP contribution is -2.54. The summed E-state index contributed by atoms with van der Waals surface area (Å²) in [7, 11) is 0. The summed E-state index contributed by atoms with van der Waals surface area (Å²) in [6, 6.07) is 11.6. The van der Waals surface area contributed by atoms with E-state index < -0.39 is 0 Å². The summed E-state index contributed by atoms with van der Waals surface area (Å²) >= 11 is 0. The van der Waals surface area contributed by atoms with Gasteiger partial charge in [0, 0.05) is 57.8 Å². The van der Waals surface area contributed by atoms with Gasteiger partial charge >= 0.3 is 0 Å². The summed E-state index contributed by atoms with van der Waals surface area (Å²) in [5.41, 5.74) is 9.53. The van der Waals surface area contributed by atoms with Crippen LogP contribution in [0.25, 0.3) is 0 Å². The molecule has 2 aliphatic heterocycles. The highest BCUT2D eigenvalue weighted by atomic mass is 16.3. The number of piperazine rings is 1. The zero-order valence-electron chi connectivity index (χ0n) is 16.2. The molecule has 144 valence electrons. The lowest BCUT2D eigenvalue weighted by atomic mass is 9.94. The average Bonchev–Trinajstić information content (AvgIpc) is 3.10. The number of hydrogen-bond donors (Lipinski definition) is 3. The third kappa shape index (κ3) is 5.15. The van der Waals surface area contributed by atoms with E-state index in [1.807, 2.05) is 0 Å². The molecule has 0 radical (unpaired) electrons. The monoisotopic (exact) mass is 358 g/mol. The molecule has 3 N–H and O–H groups in total. The highest BCUT2D eigenvalue weighted by molar-refractivity contribution is 5.20. The van der Waals surface area contributed by atoms with E-state index in [-0.39, 0.29) is 6.61 Å². The molecule has 1 aromatic rings. The Morgan fingerprint density at radius 3 is 2.77 bits per heavy atom. The summed E-state index contributed by atoms with van der Waals surface area (Å²) in [6.07, 6.45) is 3.16. The molecule has 0 amide bonds. The van der Waals surface area contributed by atoms with Gasteiger partial charge in [-0.1, -0.05) is 42.0 Å². The molecule has 0 saturated carbocycles. The lowest BCUT2D eigenvalue weighted by Gasteiger charge is -2.42. The van der Waals surface area contributed by atoms with Crippen LogP contribution >= 0.6 is 0 Å². The van der Waals surface area contributed by atoms with Gasteiger partial charge in [-0.25, -0.2) is 5.43 Å². The van der Waals surface area contributed by atoms with Gasteiger partial charge in [-0.2, -0.15) is 0 Å². The maximum atomic E-state index is 9.49. The Hall–Kier alpha value is -1.24. The molecule has 0 aromatic heterocycles. The van der Waals surface area contributed by atoms with E-state index >= 15 is 0 Å². The Labute approximate surface area is 158 Å². The van der Waals surface area contributed by atoms with Crippen LogP contribution in [0.5, 0.6) is 0 Å². The molecule has 0 aliphatic carbocycles. The normalized spacial score (nSPS) is 27.6. The fourth-order valence-corrected chi connectivity index (χ4v) is 4.14. The molecule has 2 aliphatic rings. The third-order valence-corrected chi connectivity index (χ3v) is 5.63. The van der Waals surface area contributed by atoms with Gasteiger partial charge in [0.25, 0.3) is 0 Å². The first-order chi connectivity index (χ1) is 12.7. The first-order valence-electron chi connectivity index (χ1n) is 9.91. The van der Waals surface area contributed by atoms with Crippen molar-refractivity contribution in [3.8, 4) is 0 Å². The zero-order chi connectivity index (χ0) is 18.4. The molecular weight excluding hydrogens is 324 g/mol. The van der Waals surface area contributed by atoms with Crippen molar-refractivity contribution in [3.05, 3.63) is 47.5 Å². The van der Waals surface area contributed by atoms with E-state index in [2.05, 4.69) is 70.9 Å². The van der Waals surface area contributed by atoms with Crippen LogP contribution in [0.1, 0.15) is 31.9 Å². The molecule has 26 heavy (non-hydrogen) atoms. The zero-order valence-corrected chi connectivity index (χ0v) is 16.2. The Morgan fingerprint density at radius 1 is 1.23 bits per heavy atom. The van der Waals surface area contributed by atoms with Crippen molar-refractivity contribution in [2.45, 2.75) is 32.4 Å². The van der Waals surface area contributed by atoms with Crippen molar-refractivity contribution in [2.24, 2.45) is 5.92 Å². The molecule has 3 rings (SSSR count). The van der Waals surface area contributed by atoms with Gasteiger partial charge in [0.15, 0.2) is 0 Å². The fraction of sp³-hybridized carbons (Fsp3) is 0.619. The second-order valence-corrected chi connectivity index (χ2v) is 7.88. The number of nitrogens with one attached hydrogen (secondary N) is 2.